The zero-order valence-electron chi connectivity index (χ0n) is 12.1. The lowest BCUT2D eigenvalue weighted by molar-refractivity contribution is 0.157. The minimum atomic E-state index is -3.95. The molecular weight excluding hydrogens is 360 g/mol. The van der Waals surface area contributed by atoms with Crippen LogP contribution in [0.25, 0.3) is 0 Å². The number of ether oxygens (including phenoxy) is 1. The molecule has 1 heterocycles. The maximum Gasteiger partial charge on any atom is 0.268 e. The fourth-order valence-electron chi connectivity index (χ4n) is 1.66. The molecule has 0 spiro atoms. The van der Waals surface area contributed by atoms with Gasteiger partial charge < -0.3 is 10.5 Å². The van der Waals surface area contributed by atoms with Gasteiger partial charge >= 0.3 is 0 Å². The van der Waals surface area contributed by atoms with Crippen molar-refractivity contribution in [3.63, 3.8) is 0 Å². The molecule has 0 atom stereocenters. The van der Waals surface area contributed by atoms with Crippen molar-refractivity contribution in [1.82, 2.24) is 4.98 Å². The van der Waals surface area contributed by atoms with Crippen LogP contribution in [0.15, 0.2) is 29.2 Å². The van der Waals surface area contributed by atoms with Gasteiger partial charge in [0, 0.05) is 11.6 Å². The number of sulfonamides is 1. The van der Waals surface area contributed by atoms with Crippen LogP contribution in [0.4, 0.5) is 10.9 Å². The highest BCUT2D eigenvalue weighted by atomic mass is 35.5. The van der Waals surface area contributed by atoms with Gasteiger partial charge in [0.2, 0.25) is 5.13 Å². The third-order valence-corrected chi connectivity index (χ3v) is 5.81. The number of thiazole rings is 1. The monoisotopic (exact) mass is 372 g/mol. The van der Waals surface area contributed by atoms with Crippen LogP contribution in [0.1, 0.15) is 11.8 Å². The maximum absolute atomic E-state index is 12.8. The molecule has 7 nitrogen and oxygen atoms in total. The van der Waals surface area contributed by atoms with Gasteiger partial charge in [0.15, 0.2) is 10.7 Å². The van der Waals surface area contributed by atoms with E-state index in [0.29, 0.717) is 11.6 Å². The van der Waals surface area contributed by atoms with E-state index in [0.717, 1.165) is 15.6 Å². The normalized spacial score (nSPS) is 11.2. The van der Waals surface area contributed by atoms with E-state index >= 15 is 0 Å². The number of benzene rings is 1. The number of nitrogens with two attached hydrogens (primary N) is 1. The number of rotatable bonds is 6. The summed E-state index contributed by atoms with van der Waals surface area (Å²) in [6.45, 7) is 1.80. The zero-order valence-corrected chi connectivity index (χ0v) is 14.5. The van der Waals surface area contributed by atoms with Crippen LogP contribution in [0.2, 0.25) is 5.02 Å². The summed E-state index contributed by atoms with van der Waals surface area (Å²) in [6, 6.07) is 7.73. The summed E-state index contributed by atoms with van der Waals surface area (Å²) in [7, 11) is -3.95. The Balaban J connectivity index is 2.51. The molecule has 23 heavy (non-hydrogen) atoms. The van der Waals surface area contributed by atoms with Gasteiger partial charge in [-0.25, -0.2) is 17.7 Å². The van der Waals surface area contributed by atoms with Gasteiger partial charge in [0.05, 0.1) is 4.90 Å². The van der Waals surface area contributed by atoms with Crippen molar-refractivity contribution < 1.29 is 13.2 Å². The maximum atomic E-state index is 12.8. The minimum absolute atomic E-state index is 0.00279. The Labute approximate surface area is 142 Å². The van der Waals surface area contributed by atoms with Crippen molar-refractivity contribution >= 4 is 43.9 Å². The first-order chi connectivity index (χ1) is 10.9. The van der Waals surface area contributed by atoms with Crippen LogP contribution in [-0.2, 0) is 14.8 Å². The molecule has 0 amide bonds. The average molecular weight is 373 g/mol. The van der Waals surface area contributed by atoms with Gasteiger partial charge in [0.1, 0.15) is 12.8 Å². The third kappa shape index (κ3) is 3.73. The molecule has 122 valence electrons. The molecule has 0 unspecified atom stereocenters. The first kappa shape index (κ1) is 17.5. The van der Waals surface area contributed by atoms with E-state index in [1.165, 1.54) is 18.2 Å². The molecule has 0 fully saturated rings. The average Bonchev–Trinajstić information content (AvgIpc) is 2.88. The van der Waals surface area contributed by atoms with E-state index in [9.17, 15) is 8.42 Å². The molecule has 0 saturated carbocycles. The number of hydrogen-bond donors (Lipinski definition) is 1. The predicted octanol–water partition coefficient (Wildman–Crippen LogP) is 2.44. The van der Waals surface area contributed by atoms with E-state index in [2.05, 4.69) is 4.98 Å². The Morgan fingerprint density at radius 2 is 2.26 bits per heavy atom. The van der Waals surface area contributed by atoms with Crippen LogP contribution in [0.3, 0.4) is 0 Å². The zero-order chi connectivity index (χ0) is 17.0. The molecule has 0 aliphatic rings. The van der Waals surface area contributed by atoms with Crippen molar-refractivity contribution in [2.75, 3.05) is 23.4 Å². The summed E-state index contributed by atoms with van der Waals surface area (Å²) in [5.41, 5.74) is 5.62. The van der Waals surface area contributed by atoms with E-state index in [1.807, 2.05) is 6.07 Å². The quantitative estimate of drug-likeness (QED) is 0.780. The van der Waals surface area contributed by atoms with Crippen LogP contribution >= 0.6 is 22.9 Å². The Bertz CT molecular complexity index is 845. The summed E-state index contributed by atoms with van der Waals surface area (Å²) in [5, 5.41) is 9.32. The highest BCUT2D eigenvalue weighted by Gasteiger charge is 2.28. The Morgan fingerprint density at radius 1 is 1.52 bits per heavy atom. The number of aromatic nitrogens is 1. The van der Waals surface area contributed by atoms with Crippen LogP contribution in [0, 0.1) is 11.3 Å². The first-order valence-electron chi connectivity index (χ1n) is 6.42. The smallest absolute Gasteiger partial charge is 0.268 e. The highest BCUT2D eigenvalue weighted by molar-refractivity contribution is 7.93. The molecule has 0 bridgehead atoms. The molecule has 1 aromatic heterocycles. The topological polar surface area (TPSA) is 109 Å². The second kappa shape index (κ2) is 7.14. The molecule has 2 aromatic rings. The van der Waals surface area contributed by atoms with Crippen LogP contribution < -0.4 is 10.0 Å². The van der Waals surface area contributed by atoms with Crippen molar-refractivity contribution in [3.05, 3.63) is 34.2 Å². The molecule has 2 N–H and O–H groups in total. The molecule has 0 saturated heterocycles. The number of nitrogens with zero attached hydrogens (tertiary/aromatic N) is 3. The largest absolute Gasteiger partial charge is 0.382 e. The number of anilines is 2. The molecule has 10 heteroatoms. The minimum Gasteiger partial charge on any atom is -0.382 e. The number of halogens is 1. The number of hydrogen-bond acceptors (Lipinski definition) is 7. The molecule has 0 aliphatic heterocycles. The lowest BCUT2D eigenvalue weighted by Crippen LogP contribution is -2.33. The third-order valence-electron chi connectivity index (χ3n) is 2.75. The predicted molar refractivity (Wildman–Crippen MR) is 88.9 cm³/mol. The summed E-state index contributed by atoms with van der Waals surface area (Å²) < 4.78 is 31.8. The Hall–Kier alpha value is -1.86. The molecule has 0 aliphatic carbocycles. The molecular formula is C13H13ClN4O3S2. The lowest BCUT2D eigenvalue weighted by atomic mass is 10.4. The highest BCUT2D eigenvalue weighted by Crippen LogP contribution is 2.31. The van der Waals surface area contributed by atoms with Gasteiger partial charge in [-0.3, -0.25) is 0 Å². The molecule has 2 rings (SSSR count). The Kier molecular flexibility index (Phi) is 5.43. The van der Waals surface area contributed by atoms with E-state index < -0.39 is 10.0 Å². The van der Waals surface area contributed by atoms with E-state index in [4.69, 9.17) is 27.3 Å². The summed E-state index contributed by atoms with van der Waals surface area (Å²) in [6.07, 6.45) is 0. The van der Waals surface area contributed by atoms with E-state index in [-0.39, 0.29) is 27.5 Å². The van der Waals surface area contributed by atoms with Gasteiger partial charge in [-0.15, -0.1) is 0 Å². The van der Waals surface area contributed by atoms with Crippen molar-refractivity contribution in [2.45, 2.75) is 11.8 Å². The number of nitriles is 1. The van der Waals surface area contributed by atoms with Crippen LogP contribution in [0.5, 0.6) is 0 Å². The van der Waals surface area contributed by atoms with Crippen molar-refractivity contribution in [3.8, 4) is 6.07 Å². The van der Waals surface area contributed by atoms with Gasteiger partial charge in [-0.2, -0.15) is 5.26 Å². The lowest BCUT2D eigenvalue weighted by Gasteiger charge is -2.21. The van der Waals surface area contributed by atoms with Crippen molar-refractivity contribution in [1.29, 1.82) is 5.26 Å². The molecule has 0 radical (unpaired) electrons. The second-order valence-electron chi connectivity index (χ2n) is 4.26. The fourth-order valence-corrected chi connectivity index (χ4v) is 4.24. The SMILES string of the molecule is CCOCN(c1nc(N)c(C#N)s1)S(=O)(=O)c1cccc(Cl)c1. The first-order valence-corrected chi connectivity index (χ1v) is 9.06. The second-order valence-corrected chi connectivity index (χ2v) is 7.53. The fraction of sp³-hybridized carbons (Fsp3) is 0.231. The number of nitrogen functional groups attached to an aromatic ring is 1. The Morgan fingerprint density at radius 3 is 2.83 bits per heavy atom. The summed E-state index contributed by atoms with van der Waals surface area (Å²) in [5.74, 6) is -0.0182. The van der Waals surface area contributed by atoms with Crippen molar-refractivity contribution in [2.24, 2.45) is 0 Å². The summed E-state index contributed by atoms with van der Waals surface area (Å²) in [4.78, 5) is 4.10. The van der Waals surface area contributed by atoms with Gasteiger partial charge in [-0.05, 0) is 25.1 Å². The van der Waals surface area contributed by atoms with Gasteiger partial charge in [0.25, 0.3) is 10.0 Å². The van der Waals surface area contributed by atoms with Gasteiger partial charge in [-0.1, -0.05) is 29.0 Å². The summed E-state index contributed by atoms with van der Waals surface area (Å²) >= 11 is 6.75. The van der Waals surface area contributed by atoms with E-state index in [1.54, 1.807) is 13.0 Å². The molecule has 1 aromatic carbocycles. The van der Waals surface area contributed by atoms with Crippen LogP contribution in [-0.4, -0.2) is 26.7 Å². The standard InChI is InChI=1S/C13H13ClN4O3S2/c1-2-21-8-18(13-17-12(16)11(7-15)22-13)23(19,20)10-5-3-4-9(14)6-10/h3-6H,2,8,16H2,1H3.